The van der Waals surface area contributed by atoms with Crippen molar-refractivity contribution < 1.29 is 14.4 Å². The van der Waals surface area contributed by atoms with E-state index in [0.717, 1.165) is 22.4 Å². The molecule has 1 aliphatic heterocycles. The van der Waals surface area contributed by atoms with Gasteiger partial charge in [-0.05, 0) is 48.2 Å². The maximum absolute atomic E-state index is 13.4. The number of hydrogen-bond acceptors (Lipinski definition) is 3. The number of hydrogen-bond donors (Lipinski definition) is 2. The second kappa shape index (κ2) is 10.1. The molecular formula is C27H26ClN3O3. The van der Waals surface area contributed by atoms with Crippen LogP contribution in [0, 0.1) is 5.92 Å². The van der Waals surface area contributed by atoms with E-state index in [1.165, 1.54) is 0 Å². The number of benzene rings is 3. The third kappa shape index (κ3) is 4.82. The lowest BCUT2D eigenvalue weighted by Crippen LogP contribution is -2.46. The second-order valence-corrected chi connectivity index (χ2v) is 8.77. The highest BCUT2D eigenvalue weighted by molar-refractivity contribution is 6.30. The van der Waals surface area contributed by atoms with Crippen LogP contribution in [0.15, 0.2) is 72.8 Å². The van der Waals surface area contributed by atoms with Crippen molar-refractivity contribution in [2.75, 3.05) is 18.5 Å². The van der Waals surface area contributed by atoms with Crippen LogP contribution in [0.1, 0.15) is 24.1 Å². The second-order valence-electron chi connectivity index (χ2n) is 8.33. The first-order chi connectivity index (χ1) is 16.4. The number of nitrogens with one attached hydrogen (secondary N) is 2. The summed E-state index contributed by atoms with van der Waals surface area (Å²) in [6.07, 6.45) is 0.620. The predicted molar refractivity (Wildman–Crippen MR) is 134 cm³/mol. The van der Waals surface area contributed by atoms with Crippen LogP contribution in [0.3, 0.4) is 0 Å². The van der Waals surface area contributed by atoms with E-state index in [1.54, 1.807) is 31.0 Å². The normalized spacial score (nSPS) is 15.6. The quantitative estimate of drug-likeness (QED) is 0.526. The van der Waals surface area contributed by atoms with E-state index in [9.17, 15) is 14.4 Å². The summed E-state index contributed by atoms with van der Waals surface area (Å²) in [4.78, 5) is 40.5. The van der Waals surface area contributed by atoms with Crippen molar-refractivity contribution in [2.24, 2.45) is 5.92 Å². The van der Waals surface area contributed by atoms with Crippen LogP contribution >= 0.6 is 11.6 Å². The number of anilines is 1. The van der Waals surface area contributed by atoms with Gasteiger partial charge in [-0.25, -0.2) is 0 Å². The Labute approximate surface area is 203 Å². The van der Waals surface area contributed by atoms with Gasteiger partial charge >= 0.3 is 0 Å². The zero-order valence-corrected chi connectivity index (χ0v) is 19.8. The zero-order chi connectivity index (χ0) is 24.2. The number of likely N-dealkylation sites (N-methyl/N-ethyl adjacent to an activating group) is 1. The summed E-state index contributed by atoms with van der Waals surface area (Å²) in [5, 5.41) is 6.27. The average molecular weight is 476 g/mol. The van der Waals surface area contributed by atoms with Gasteiger partial charge < -0.3 is 15.5 Å². The van der Waals surface area contributed by atoms with Gasteiger partial charge in [-0.1, -0.05) is 66.2 Å². The highest BCUT2D eigenvalue weighted by Gasteiger charge is 2.34. The molecule has 3 aromatic carbocycles. The van der Waals surface area contributed by atoms with E-state index < -0.39 is 23.8 Å². The molecule has 1 aliphatic rings. The van der Waals surface area contributed by atoms with Gasteiger partial charge in [-0.15, -0.1) is 0 Å². The molecule has 3 aromatic rings. The Bertz CT molecular complexity index is 1230. The largest absolute Gasteiger partial charge is 0.355 e. The number of carbonyl (C=O) groups is 3. The van der Waals surface area contributed by atoms with Crippen molar-refractivity contribution in [1.29, 1.82) is 0 Å². The van der Waals surface area contributed by atoms with Crippen molar-refractivity contribution in [3.05, 3.63) is 88.9 Å². The Hall–Kier alpha value is -3.64. The Morgan fingerprint density at radius 1 is 0.941 bits per heavy atom. The van der Waals surface area contributed by atoms with Gasteiger partial charge in [0.2, 0.25) is 11.8 Å². The molecule has 0 radical (unpaired) electrons. The predicted octanol–water partition coefficient (Wildman–Crippen LogP) is 4.14. The number of carbonyl (C=O) groups excluding carboxylic acids is 3. The molecule has 4 rings (SSSR count). The van der Waals surface area contributed by atoms with Gasteiger partial charge in [0, 0.05) is 24.2 Å². The number of amides is 3. The van der Waals surface area contributed by atoms with Gasteiger partial charge in [0.25, 0.3) is 5.91 Å². The Kier molecular flexibility index (Phi) is 6.98. The first kappa shape index (κ1) is 23.5. The van der Waals surface area contributed by atoms with Crippen LogP contribution in [0.2, 0.25) is 5.02 Å². The van der Waals surface area contributed by atoms with Crippen molar-refractivity contribution in [3.63, 3.8) is 0 Å². The van der Waals surface area contributed by atoms with Gasteiger partial charge in [0.1, 0.15) is 12.0 Å². The fourth-order valence-corrected chi connectivity index (χ4v) is 4.22. The Morgan fingerprint density at radius 2 is 1.59 bits per heavy atom. The van der Waals surface area contributed by atoms with E-state index in [1.807, 2.05) is 60.7 Å². The van der Waals surface area contributed by atoms with Crippen LogP contribution < -0.4 is 15.5 Å². The lowest BCUT2D eigenvalue weighted by molar-refractivity contribution is -0.136. The molecular weight excluding hydrogens is 450 g/mol. The molecule has 2 N–H and O–H groups in total. The van der Waals surface area contributed by atoms with E-state index in [-0.39, 0.29) is 5.91 Å². The number of fused-ring (bicyclic) bond motifs is 3. The third-order valence-corrected chi connectivity index (χ3v) is 6.36. The fourth-order valence-electron chi connectivity index (χ4n) is 4.09. The standard InChI is InChI=1S/C27H26ClN3O3/c1-17(25(32)29-16-15-18-11-13-19(28)14-12-18)26(33)30-24-22-9-4-3-7-20(22)21-8-5-6-10-23(21)31(2)27(24)34/h3-14,17,24H,15-16H2,1-2H3,(H,29,32)(H,30,33). The highest BCUT2D eigenvalue weighted by Crippen LogP contribution is 2.39. The van der Waals surface area contributed by atoms with Gasteiger partial charge in [0.05, 0.1) is 5.69 Å². The van der Waals surface area contributed by atoms with Crippen LogP contribution in [-0.2, 0) is 20.8 Å². The molecule has 2 atom stereocenters. The van der Waals surface area contributed by atoms with Crippen molar-refractivity contribution in [2.45, 2.75) is 19.4 Å². The first-order valence-corrected chi connectivity index (χ1v) is 11.5. The molecule has 174 valence electrons. The minimum atomic E-state index is -0.957. The van der Waals surface area contributed by atoms with Crippen molar-refractivity contribution in [3.8, 4) is 11.1 Å². The number of rotatable bonds is 6. The molecule has 3 amide bonds. The van der Waals surface area contributed by atoms with Crippen LogP contribution in [0.4, 0.5) is 5.69 Å². The number of para-hydroxylation sites is 1. The molecule has 0 aromatic heterocycles. The maximum atomic E-state index is 13.4. The summed E-state index contributed by atoms with van der Waals surface area (Å²) in [7, 11) is 1.69. The number of nitrogens with zero attached hydrogens (tertiary/aromatic N) is 1. The van der Waals surface area contributed by atoms with E-state index in [2.05, 4.69) is 10.6 Å². The molecule has 0 saturated carbocycles. The zero-order valence-electron chi connectivity index (χ0n) is 19.0. The average Bonchev–Trinajstić information content (AvgIpc) is 2.94. The minimum Gasteiger partial charge on any atom is -0.355 e. The molecule has 1 heterocycles. The molecule has 2 unspecified atom stereocenters. The summed E-state index contributed by atoms with van der Waals surface area (Å²) in [5.74, 6) is -2.11. The minimum absolute atomic E-state index is 0.263. The smallest absolute Gasteiger partial charge is 0.253 e. The molecule has 0 spiro atoms. The van der Waals surface area contributed by atoms with Crippen molar-refractivity contribution in [1.82, 2.24) is 10.6 Å². The Balaban J connectivity index is 1.47. The van der Waals surface area contributed by atoms with Crippen LogP contribution in [0.25, 0.3) is 11.1 Å². The molecule has 0 saturated heterocycles. The van der Waals surface area contributed by atoms with Gasteiger partial charge in [0.15, 0.2) is 0 Å². The summed E-state index contributed by atoms with van der Waals surface area (Å²) in [5.41, 5.74) is 4.29. The third-order valence-electron chi connectivity index (χ3n) is 6.10. The molecule has 0 bridgehead atoms. The summed E-state index contributed by atoms with van der Waals surface area (Å²) < 4.78 is 0. The SMILES string of the molecule is CC(C(=O)NCCc1ccc(Cl)cc1)C(=O)NC1C(=O)N(C)c2ccccc2-c2ccccc21. The van der Waals surface area contributed by atoms with E-state index >= 15 is 0 Å². The van der Waals surface area contributed by atoms with Crippen LogP contribution in [0.5, 0.6) is 0 Å². The summed E-state index contributed by atoms with van der Waals surface area (Å²) in [6, 6.07) is 21.6. The fraction of sp³-hybridized carbons (Fsp3) is 0.222. The molecule has 34 heavy (non-hydrogen) atoms. The van der Waals surface area contributed by atoms with Crippen LogP contribution in [-0.4, -0.2) is 31.3 Å². The van der Waals surface area contributed by atoms with Gasteiger partial charge in [-0.3, -0.25) is 14.4 Å². The van der Waals surface area contributed by atoms with E-state index in [4.69, 9.17) is 11.6 Å². The van der Waals surface area contributed by atoms with Gasteiger partial charge in [-0.2, -0.15) is 0 Å². The summed E-state index contributed by atoms with van der Waals surface area (Å²) >= 11 is 5.90. The topological polar surface area (TPSA) is 78.5 Å². The highest BCUT2D eigenvalue weighted by atomic mass is 35.5. The monoisotopic (exact) mass is 475 g/mol. The maximum Gasteiger partial charge on any atom is 0.253 e. The molecule has 6 nitrogen and oxygen atoms in total. The molecule has 0 aliphatic carbocycles. The molecule has 0 fully saturated rings. The Morgan fingerprint density at radius 3 is 2.32 bits per heavy atom. The lowest BCUT2D eigenvalue weighted by Gasteiger charge is -2.24. The summed E-state index contributed by atoms with van der Waals surface area (Å²) in [6.45, 7) is 1.93. The lowest BCUT2D eigenvalue weighted by atomic mass is 9.95. The first-order valence-electron chi connectivity index (χ1n) is 11.1. The number of halogens is 1. The molecule has 7 heteroatoms. The van der Waals surface area contributed by atoms with E-state index in [0.29, 0.717) is 23.6 Å². The van der Waals surface area contributed by atoms with Crippen molar-refractivity contribution >= 4 is 35.0 Å².